The lowest BCUT2D eigenvalue weighted by atomic mass is 10.1. The largest absolute Gasteiger partial charge is 0.385 e. The van der Waals surface area contributed by atoms with Gasteiger partial charge >= 0.3 is 0 Å². The van der Waals surface area contributed by atoms with Crippen molar-refractivity contribution in [2.45, 2.75) is 39.5 Å². The van der Waals surface area contributed by atoms with Gasteiger partial charge in [-0.1, -0.05) is 25.5 Å². The number of unbranched alkanes of at least 4 members (excludes halogenated alkanes) is 1. The van der Waals surface area contributed by atoms with E-state index in [1.807, 2.05) is 5.51 Å². The number of thiazole rings is 1. The van der Waals surface area contributed by atoms with Crippen molar-refractivity contribution >= 4 is 17.0 Å². The van der Waals surface area contributed by atoms with Crippen LogP contribution < -0.4 is 5.32 Å². The van der Waals surface area contributed by atoms with E-state index in [9.17, 15) is 0 Å². The number of aryl methyl sites for hydroxylation is 2. The predicted molar refractivity (Wildman–Crippen MR) is 84.1 cm³/mol. The van der Waals surface area contributed by atoms with Crippen LogP contribution in [-0.4, -0.2) is 11.5 Å². The molecule has 2 aromatic rings. The average molecular weight is 274 g/mol. The molecule has 19 heavy (non-hydrogen) atoms. The zero-order valence-electron chi connectivity index (χ0n) is 11.8. The Morgan fingerprint density at radius 2 is 1.95 bits per heavy atom. The normalized spacial score (nSPS) is 10.6. The van der Waals surface area contributed by atoms with Gasteiger partial charge in [-0.3, -0.25) is 0 Å². The summed E-state index contributed by atoms with van der Waals surface area (Å²) in [5.74, 6) is 0. The molecule has 1 heterocycles. The first-order valence-corrected chi connectivity index (χ1v) is 7.89. The van der Waals surface area contributed by atoms with Crippen LogP contribution >= 0.6 is 11.3 Å². The van der Waals surface area contributed by atoms with E-state index in [1.54, 1.807) is 11.3 Å². The van der Waals surface area contributed by atoms with Gasteiger partial charge in [-0.05, 0) is 37.5 Å². The molecule has 0 unspecified atom stereocenters. The summed E-state index contributed by atoms with van der Waals surface area (Å²) in [5.41, 5.74) is 5.74. The molecule has 102 valence electrons. The first-order valence-electron chi connectivity index (χ1n) is 7.01. The van der Waals surface area contributed by atoms with Crippen molar-refractivity contribution < 1.29 is 0 Å². The van der Waals surface area contributed by atoms with Crippen molar-refractivity contribution in [1.82, 2.24) is 4.98 Å². The summed E-state index contributed by atoms with van der Waals surface area (Å²) in [6, 6.07) is 8.83. The Hall–Kier alpha value is -1.35. The fourth-order valence-corrected chi connectivity index (χ4v) is 2.84. The maximum atomic E-state index is 4.27. The Balaban J connectivity index is 1.78. The lowest BCUT2D eigenvalue weighted by molar-refractivity contribution is 0.795. The lowest BCUT2D eigenvalue weighted by Gasteiger charge is -2.07. The first-order chi connectivity index (χ1) is 9.29. The van der Waals surface area contributed by atoms with Crippen molar-refractivity contribution in [3.05, 3.63) is 45.9 Å². The molecular formula is C16H22N2S. The smallest absolute Gasteiger partial charge is 0.0797 e. The second kappa shape index (κ2) is 7.29. The highest BCUT2D eigenvalue weighted by molar-refractivity contribution is 7.09. The molecule has 0 atom stereocenters. The van der Waals surface area contributed by atoms with Gasteiger partial charge in [-0.2, -0.15) is 0 Å². The van der Waals surface area contributed by atoms with Gasteiger partial charge in [0.05, 0.1) is 11.2 Å². The van der Waals surface area contributed by atoms with Crippen LogP contribution in [0, 0.1) is 6.92 Å². The van der Waals surface area contributed by atoms with Crippen molar-refractivity contribution in [2.24, 2.45) is 0 Å². The van der Waals surface area contributed by atoms with Crippen LogP contribution in [0.2, 0.25) is 0 Å². The number of rotatable bonds is 7. The molecule has 2 rings (SSSR count). The molecule has 1 aromatic heterocycles. The number of hydrogen-bond acceptors (Lipinski definition) is 3. The van der Waals surface area contributed by atoms with E-state index in [2.05, 4.69) is 48.4 Å². The Labute approximate surface area is 119 Å². The maximum Gasteiger partial charge on any atom is 0.0797 e. The molecule has 1 N–H and O–H groups in total. The van der Waals surface area contributed by atoms with Gasteiger partial charge in [0.2, 0.25) is 0 Å². The van der Waals surface area contributed by atoms with Crippen LogP contribution in [-0.2, 0) is 12.8 Å². The molecule has 0 bridgehead atoms. The van der Waals surface area contributed by atoms with Crippen LogP contribution in [0.25, 0.3) is 0 Å². The number of nitrogens with one attached hydrogen (secondary N) is 1. The molecule has 1 aromatic carbocycles. The van der Waals surface area contributed by atoms with Crippen LogP contribution in [0.1, 0.15) is 35.9 Å². The quantitative estimate of drug-likeness (QED) is 0.807. The predicted octanol–water partition coefficient (Wildman–Crippen LogP) is 4.45. The Morgan fingerprint density at radius 3 is 2.58 bits per heavy atom. The molecule has 0 saturated heterocycles. The number of nitrogens with zero attached hydrogens (tertiary/aromatic N) is 1. The lowest BCUT2D eigenvalue weighted by Crippen LogP contribution is -2.04. The van der Waals surface area contributed by atoms with E-state index in [4.69, 9.17) is 0 Å². The first kappa shape index (κ1) is 14.1. The summed E-state index contributed by atoms with van der Waals surface area (Å²) >= 11 is 1.75. The molecule has 0 fully saturated rings. The second-order valence-electron chi connectivity index (χ2n) is 4.84. The van der Waals surface area contributed by atoms with Crippen molar-refractivity contribution in [1.29, 1.82) is 0 Å². The van der Waals surface area contributed by atoms with Gasteiger partial charge in [0, 0.05) is 23.5 Å². The Kier molecular flexibility index (Phi) is 5.40. The maximum absolute atomic E-state index is 4.27. The zero-order valence-corrected chi connectivity index (χ0v) is 12.6. The highest BCUT2D eigenvalue weighted by Crippen LogP contribution is 2.14. The molecule has 0 radical (unpaired) electrons. The minimum absolute atomic E-state index is 0.970. The molecule has 0 aliphatic rings. The molecule has 2 nitrogen and oxygen atoms in total. The van der Waals surface area contributed by atoms with Crippen molar-refractivity contribution in [2.75, 3.05) is 11.9 Å². The van der Waals surface area contributed by atoms with Crippen LogP contribution in [0.3, 0.4) is 0 Å². The van der Waals surface area contributed by atoms with E-state index in [0.29, 0.717) is 0 Å². The molecular weight excluding hydrogens is 252 g/mol. The third-order valence-electron chi connectivity index (χ3n) is 3.30. The number of hydrogen-bond donors (Lipinski definition) is 1. The van der Waals surface area contributed by atoms with Gasteiger partial charge in [0.1, 0.15) is 0 Å². The standard InChI is InChI=1S/C16H22N2S/c1-3-4-5-14-6-8-15(9-7-14)17-11-10-16-13(2)18-12-19-16/h6-9,12,17H,3-5,10-11H2,1-2H3. The number of anilines is 1. The third-order valence-corrected chi connectivity index (χ3v) is 4.29. The monoisotopic (exact) mass is 274 g/mol. The average Bonchev–Trinajstić information content (AvgIpc) is 2.84. The van der Waals surface area contributed by atoms with E-state index in [1.165, 1.54) is 41.1 Å². The molecule has 0 spiro atoms. The highest BCUT2D eigenvalue weighted by atomic mass is 32.1. The third kappa shape index (κ3) is 4.35. The van der Waals surface area contributed by atoms with Gasteiger partial charge in [-0.25, -0.2) is 4.98 Å². The minimum atomic E-state index is 0.970. The summed E-state index contributed by atoms with van der Waals surface area (Å²) in [4.78, 5) is 5.65. The fraction of sp³-hybridized carbons (Fsp3) is 0.438. The van der Waals surface area contributed by atoms with Gasteiger partial charge < -0.3 is 5.32 Å². The summed E-state index contributed by atoms with van der Waals surface area (Å²) in [5, 5.41) is 3.47. The second-order valence-corrected chi connectivity index (χ2v) is 5.78. The zero-order chi connectivity index (χ0) is 13.5. The van der Waals surface area contributed by atoms with Crippen molar-refractivity contribution in [3.8, 4) is 0 Å². The molecule has 3 heteroatoms. The summed E-state index contributed by atoms with van der Waals surface area (Å²) < 4.78 is 0. The van der Waals surface area contributed by atoms with E-state index in [0.717, 1.165) is 13.0 Å². The van der Waals surface area contributed by atoms with Gasteiger partial charge in [0.25, 0.3) is 0 Å². The summed E-state index contributed by atoms with van der Waals surface area (Å²) in [7, 11) is 0. The highest BCUT2D eigenvalue weighted by Gasteiger charge is 2.00. The number of aromatic nitrogens is 1. The minimum Gasteiger partial charge on any atom is -0.385 e. The molecule has 0 amide bonds. The van der Waals surface area contributed by atoms with Gasteiger partial charge in [0.15, 0.2) is 0 Å². The summed E-state index contributed by atoms with van der Waals surface area (Å²) in [6.45, 7) is 5.28. The van der Waals surface area contributed by atoms with Crippen LogP contribution in [0.5, 0.6) is 0 Å². The van der Waals surface area contributed by atoms with Gasteiger partial charge in [-0.15, -0.1) is 11.3 Å². The van der Waals surface area contributed by atoms with Crippen molar-refractivity contribution in [3.63, 3.8) is 0 Å². The Morgan fingerprint density at radius 1 is 1.16 bits per heavy atom. The topological polar surface area (TPSA) is 24.9 Å². The van der Waals surface area contributed by atoms with Crippen LogP contribution in [0.4, 0.5) is 5.69 Å². The molecule has 0 aliphatic heterocycles. The van der Waals surface area contributed by atoms with E-state index < -0.39 is 0 Å². The van der Waals surface area contributed by atoms with E-state index in [-0.39, 0.29) is 0 Å². The molecule has 0 saturated carbocycles. The fourth-order valence-electron chi connectivity index (χ4n) is 2.06. The van der Waals surface area contributed by atoms with Crippen LogP contribution in [0.15, 0.2) is 29.8 Å². The van der Waals surface area contributed by atoms with E-state index >= 15 is 0 Å². The number of benzene rings is 1. The molecule has 0 aliphatic carbocycles. The summed E-state index contributed by atoms with van der Waals surface area (Å²) in [6.07, 6.45) is 4.77. The SMILES string of the molecule is CCCCc1ccc(NCCc2scnc2C)cc1. The Bertz CT molecular complexity index is 488.